The highest BCUT2D eigenvalue weighted by Crippen LogP contribution is 2.11. The Balaban J connectivity index is 1.62. The third-order valence-electron chi connectivity index (χ3n) is 3.97. The van der Waals surface area contributed by atoms with Crippen LogP contribution in [0.1, 0.15) is 21.6 Å². The Hall–Kier alpha value is -3.22. The van der Waals surface area contributed by atoms with Gasteiger partial charge in [0, 0.05) is 30.1 Å². The van der Waals surface area contributed by atoms with Crippen LogP contribution < -0.4 is 11.0 Å². The van der Waals surface area contributed by atoms with Gasteiger partial charge in [0.25, 0.3) is 5.91 Å². The van der Waals surface area contributed by atoms with Crippen molar-refractivity contribution in [1.82, 2.24) is 14.9 Å². The summed E-state index contributed by atoms with van der Waals surface area (Å²) in [7, 11) is 0. The number of nitrogens with one attached hydrogen (secondary N) is 2. The van der Waals surface area contributed by atoms with Crippen molar-refractivity contribution in [2.45, 2.75) is 13.3 Å². The molecule has 2 aromatic carbocycles. The van der Waals surface area contributed by atoms with Gasteiger partial charge in [-0.3, -0.25) is 9.36 Å². The first-order valence-electron chi connectivity index (χ1n) is 8.04. The highest BCUT2D eigenvalue weighted by molar-refractivity contribution is 5.94. The van der Waals surface area contributed by atoms with E-state index in [1.54, 1.807) is 37.4 Å². The topological polar surface area (TPSA) is 66.9 Å². The van der Waals surface area contributed by atoms with E-state index < -0.39 is 11.6 Å². The van der Waals surface area contributed by atoms with E-state index in [1.165, 1.54) is 16.7 Å². The van der Waals surface area contributed by atoms with Crippen molar-refractivity contribution in [3.05, 3.63) is 87.6 Å². The van der Waals surface area contributed by atoms with Gasteiger partial charge in [0.15, 0.2) is 0 Å². The Kier molecular flexibility index (Phi) is 4.97. The lowest BCUT2D eigenvalue weighted by atomic mass is 10.1. The van der Waals surface area contributed by atoms with Crippen LogP contribution >= 0.6 is 0 Å². The maximum absolute atomic E-state index is 13.1. The number of aromatic nitrogens is 2. The van der Waals surface area contributed by atoms with Crippen LogP contribution in [0.15, 0.2) is 53.5 Å². The molecule has 1 amide bonds. The maximum atomic E-state index is 13.1. The summed E-state index contributed by atoms with van der Waals surface area (Å²) < 4.78 is 27.8. The van der Waals surface area contributed by atoms with E-state index in [2.05, 4.69) is 10.3 Å². The molecule has 0 saturated heterocycles. The molecule has 134 valence electrons. The zero-order valence-corrected chi connectivity index (χ0v) is 14.1. The fraction of sp³-hybridized carbons (Fsp3) is 0.158. The van der Waals surface area contributed by atoms with Crippen LogP contribution in [0, 0.1) is 18.6 Å². The standard InChI is InChI=1S/C19H17F2N3O2/c1-12-11-23-19(26)24(12)17-4-2-14(3-5-17)18(25)22-7-6-13-8-15(20)10-16(21)9-13/h2-5,8-11H,6-7H2,1H3,(H,22,25)(H,23,26). The number of H-pyrrole nitrogens is 1. The Bertz CT molecular complexity index is 971. The summed E-state index contributed by atoms with van der Waals surface area (Å²) in [6.45, 7) is 2.05. The van der Waals surface area contributed by atoms with Gasteiger partial charge in [-0.1, -0.05) is 0 Å². The van der Waals surface area contributed by atoms with Gasteiger partial charge in [0.2, 0.25) is 0 Å². The number of hydrogen-bond acceptors (Lipinski definition) is 2. The second kappa shape index (κ2) is 7.35. The van der Waals surface area contributed by atoms with Gasteiger partial charge in [-0.25, -0.2) is 13.6 Å². The summed E-state index contributed by atoms with van der Waals surface area (Å²) in [5.41, 5.74) is 2.07. The summed E-state index contributed by atoms with van der Waals surface area (Å²) in [6.07, 6.45) is 1.93. The van der Waals surface area contributed by atoms with Gasteiger partial charge >= 0.3 is 5.69 Å². The summed E-state index contributed by atoms with van der Waals surface area (Å²) in [5.74, 6) is -1.58. The van der Waals surface area contributed by atoms with E-state index in [0.717, 1.165) is 11.8 Å². The number of hydrogen-bond donors (Lipinski definition) is 2. The molecule has 0 atom stereocenters. The molecular formula is C19H17F2N3O2. The number of carbonyl (C=O) groups excluding carboxylic acids is 1. The Morgan fingerprint density at radius 2 is 1.77 bits per heavy atom. The van der Waals surface area contributed by atoms with Gasteiger partial charge in [0.05, 0.1) is 5.69 Å². The highest BCUT2D eigenvalue weighted by atomic mass is 19.1. The molecule has 3 rings (SSSR count). The molecule has 26 heavy (non-hydrogen) atoms. The zero-order chi connectivity index (χ0) is 18.7. The van der Waals surface area contributed by atoms with Crippen molar-refractivity contribution in [2.75, 3.05) is 6.54 Å². The van der Waals surface area contributed by atoms with E-state index in [1.807, 2.05) is 0 Å². The second-order valence-electron chi connectivity index (χ2n) is 5.90. The van der Waals surface area contributed by atoms with Crippen LogP contribution in [0.25, 0.3) is 5.69 Å². The lowest BCUT2D eigenvalue weighted by Gasteiger charge is -2.08. The van der Waals surface area contributed by atoms with Crippen LogP contribution in [0.4, 0.5) is 8.78 Å². The molecule has 5 nitrogen and oxygen atoms in total. The minimum atomic E-state index is -0.641. The molecule has 0 aliphatic rings. The Morgan fingerprint density at radius 3 is 2.35 bits per heavy atom. The first-order valence-corrected chi connectivity index (χ1v) is 8.04. The molecule has 1 heterocycles. The SMILES string of the molecule is Cc1c[nH]c(=O)n1-c1ccc(C(=O)NCCc2cc(F)cc(F)c2)cc1. The first-order chi connectivity index (χ1) is 12.4. The molecule has 0 spiro atoms. The van der Waals surface area contributed by atoms with Gasteiger partial charge in [-0.15, -0.1) is 0 Å². The van der Waals surface area contributed by atoms with Crippen LogP contribution in [0.3, 0.4) is 0 Å². The van der Waals surface area contributed by atoms with E-state index in [-0.39, 0.29) is 18.1 Å². The van der Waals surface area contributed by atoms with Gasteiger partial charge in [-0.05, 0) is 55.3 Å². The number of aryl methyl sites for hydroxylation is 1. The molecule has 0 fully saturated rings. The van der Waals surface area contributed by atoms with Crippen molar-refractivity contribution in [1.29, 1.82) is 0 Å². The smallest absolute Gasteiger partial charge is 0.330 e. The maximum Gasteiger partial charge on any atom is 0.330 e. The molecule has 3 aromatic rings. The average molecular weight is 357 g/mol. The molecule has 0 radical (unpaired) electrons. The quantitative estimate of drug-likeness (QED) is 0.737. The monoisotopic (exact) mass is 357 g/mol. The molecule has 0 aliphatic carbocycles. The molecule has 0 aliphatic heterocycles. The molecule has 2 N–H and O–H groups in total. The van der Waals surface area contributed by atoms with E-state index >= 15 is 0 Å². The van der Waals surface area contributed by atoms with Gasteiger partial charge < -0.3 is 10.3 Å². The van der Waals surface area contributed by atoms with Crippen LogP contribution in [-0.2, 0) is 6.42 Å². The van der Waals surface area contributed by atoms with Crippen molar-refractivity contribution in [2.24, 2.45) is 0 Å². The van der Waals surface area contributed by atoms with Crippen LogP contribution in [-0.4, -0.2) is 22.0 Å². The van der Waals surface area contributed by atoms with E-state index in [9.17, 15) is 18.4 Å². The number of carbonyl (C=O) groups is 1. The van der Waals surface area contributed by atoms with Crippen molar-refractivity contribution >= 4 is 5.91 Å². The fourth-order valence-corrected chi connectivity index (χ4v) is 2.72. The molecule has 0 bridgehead atoms. The molecule has 0 unspecified atom stereocenters. The summed E-state index contributed by atoms with van der Waals surface area (Å²) in [6, 6.07) is 9.87. The molecule has 0 saturated carbocycles. The summed E-state index contributed by atoms with van der Waals surface area (Å²) in [4.78, 5) is 26.5. The molecule has 1 aromatic heterocycles. The Morgan fingerprint density at radius 1 is 1.12 bits per heavy atom. The number of nitrogens with zero attached hydrogens (tertiary/aromatic N) is 1. The number of imidazole rings is 1. The number of halogens is 2. The third kappa shape index (κ3) is 3.88. The number of aromatic amines is 1. The number of amides is 1. The first kappa shape index (κ1) is 17.6. The summed E-state index contributed by atoms with van der Waals surface area (Å²) in [5, 5.41) is 2.70. The third-order valence-corrected chi connectivity index (χ3v) is 3.97. The highest BCUT2D eigenvalue weighted by Gasteiger charge is 2.08. The number of benzene rings is 2. The fourth-order valence-electron chi connectivity index (χ4n) is 2.72. The summed E-state index contributed by atoms with van der Waals surface area (Å²) >= 11 is 0. The average Bonchev–Trinajstić information content (AvgIpc) is 2.93. The van der Waals surface area contributed by atoms with Crippen molar-refractivity contribution < 1.29 is 13.6 Å². The van der Waals surface area contributed by atoms with Crippen LogP contribution in [0.2, 0.25) is 0 Å². The predicted octanol–water partition coefficient (Wildman–Crippen LogP) is 2.72. The van der Waals surface area contributed by atoms with Gasteiger partial charge in [-0.2, -0.15) is 0 Å². The van der Waals surface area contributed by atoms with Gasteiger partial charge in [0.1, 0.15) is 11.6 Å². The minimum absolute atomic E-state index is 0.248. The second-order valence-corrected chi connectivity index (χ2v) is 5.90. The largest absolute Gasteiger partial charge is 0.352 e. The van der Waals surface area contributed by atoms with Crippen molar-refractivity contribution in [3.63, 3.8) is 0 Å². The normalized spacial score (nSPS) is 10.7. The molecular weight excluding hydrogens is 340 g/mol. The van der Waals surface area contributed by atoms with E-state index in [0.29, 0.717) is 23.2 Å². The minimum Gasteiger partial charge on any atom is -0.352 e. The lowest BCUT2D eigenvalue weighted by molar-refractivity contribution is 0.0954. The predicted molar refractivity (Wildman–Crippen MR) is 93.5 cm³/mol. The number of rotatable bonds is 5. The molecule has 7 heteroatoms. The van der Waals surface area contributed by atoms with Crippen molar-refractivity contribution in [3.8, 4) is 5.69 Å². The lowest BCUT2D eigenvalue weighted by Crippen LogP contribution is -2.25. The zero-order valence-electron chi connectivity index (χ0n) is 14.1. The van der Waals surface area contributed by atoms with E-state index in [4.69, 9.17) is 0 Å². The van der Waals surface area contributed by atoms with Crippen LogP contribution in [0.5, 0.6) is 0 Å². The Labute approximate surface area is 148 Å².